The van der Waals surface area contributed by atoms with Crippen LogP contribution < -0.4 is 9.46 Å². The summed E-state index contributed by atoms with van der Waals surface area (Å²) < 4.78 is 33.6. The SMILES string of the molecule is CCc1ccccc1OCC(=O)N1CCC(NS(=O)(=O)c2ccc(C)cc2)CC1. The van der Waals surface area contributed by atoms with E-state index >= 15 is 0 Å². The van der Waals surface area contributed by atoms with E-state index in [4.69, 9.17) is 4.74 Å². The average Bonchev–Trinajstić information content (AvgIpc) is 2.72. The summed E-state index contributed by atoms with van der Waals surface area (Å²) in [7, 11) is -3.55. The molecule has 29 heavy (non-hydrogen) atoms. The molecule has 1 heterocycles. The Morgan fingerprint density at radius 2 is 1.76 bits per heavy atom. The standard InChI is InChI=1S/C22H28N2O4S/c1-3-18-6-4-5-7-21(18)28-16-22(25)24-14-12-19(13-15-24)23-29(26,27)20-10-8-17(2)9-11-20/h4-11,19,23H,3,12-16H2,1-2H3. The number of nitrogens with one attached hydrogen (secondary N) is 1. The average molecular weight is 417 g/mol. The van der Waals surface area contributed by atoms with Crippen molar-refractivity contribution in [3.05, 3.63) is 59.7 Å². The summed E-state index contributed by atoms with van der Waals surface area (Å²) in [5.41, 5.74) is 2.09. The summed E-state index contributed by atoms with van der Waals surface area (Å²) in [5.74, 6) is 0.667. The normalized spacial score (nSPS) is 15.3. The lowest BCUT2D eigenvalue weighted by molar-refractivity contribution is -0.134. The van der Waals surface area contributed by atoms with Crippen LogP contribution in [0.2, 0.25) is 0 Å². The number of para-hydroxylation sites is 1. The number of nitrogens with zero attached hydrogens (tertiary/aromatic N) is 1. The third kappa shape index (κ3) is 5.58. The monoisotopic (exact) mass is 416 g/mol. The maximum Gasteiger partial charge on any atom is 0.260 e. The van der Waals surface area contributed by atoms with E-state index in [9.17, 15) is 13.2 Å². The lowest BCUT2D eigenvalue weighted by Gasteiger charge is -2.32. The highest BCUT2D eigenvalue weighted by Gasteiger charge is 2.27. The van der Waals surface area contributed by atoms with Gasteiger partial charge in [-0.3, -0.25) is 4.79 Å². The molecule has 1 fully saturated rings. The van der Waals surface area contributed by atoms with E-state index in [1.165, 1.54) is 0 Å². The maximum absolute atomic E-state index is 12.5. The number of aryl methyl sites for hydroxylation is 2. The molecule has 0 saturated carbocycles. The second kappa shape index (κ2) is 9.41. The first-order valence-electron chi connectivity index (χ1n) is 9.96. The Balaban J connectivity index is 1.49. The Bertz CT molecular complexity index is 934. The van der Waals surface area contributed by atoms with Crippen molar-refractivity contribution < 1.29 is 17.9 Å². The topological polar surface area (TPSA) is 75.7 Å². The molecule has 0 unspecified atom stereocenters. The Hall–Kier alpha value is -2.38. The van der Waals surface area contributed by atoms with Crippen molar-refractivity contribution >= 4 is 15.9 Å². The van der Waals surface area contributed by atoms with Gasteiger partial charge in [0.15, 0.2) is 6.61 Å². The Morgan fingerprint density at radius 3 is 2.41 bits per heavy atom. The molecule has 7 heteroatoms. The van der Waals surface area contributed by atoms with Gasteiger partial charge in [0, 0.05) is 19.1 Å². The van der Waals surface area contributed by atoms with E-state index in [1.54, 1.807) is 29.2 Å². The third-order valence-corrected chi connectivity index (χ3v) is 6.74. The molecule has 2 aromatic rings. The van der Waals surface area contributed by atoms with Gasteiger partial charge in [-0.2, -0.15) is 0 Å². The van der Waals surface area contributed by atoms with Crippen molar-refractivity contribution in [3.63, 3.8) is 0 Å². The molecule has 0 radical (unpaired) electrons. The lowest BCUT2D eigenvalue weighted by Crippen LogP contribution is -2.47. The number of hydrogen-bond acceptors (Lipinski definition) is 4. The van der Waals surface area contributed by atoms with Crippen LogP contribution in [0.5, 0.6) is 5.75 Å². The highest BCUT2D eigenvalue weighted by molar-refractivity contribution is 7.89. The minimum atomic E-state index is -3.55. The number of carbonyl (C=O) groups is 1. The van der Waals surface area contributed by atoms with Gasteiger partial charge in [0.1, 0.15) is 5.75 Å². The number of carbonyl (C=O) groups excluding carboxylic acids is 1. The molecule has 2 aromatic carbocycles. The van der Waals surface area contributed by atoms with Crippen molar-refractivity contribution in [3.8, 4) is 5.75 Å². The van der Waals surface area contributed by atoms with Crippen LogP contribution in [0.1, 0.15) is 30.9 Å². The van der Waals surface area contributed by atoms with Crippen LogP contribution in [0, 0.1) is 6.92 Å². The minimum Gasteiger partial charge on any atom is -0.483 e. The van der Waals surface area contributed by atoms with Gasteiger partial charge < -0.3 is 9.64 Å². The summed E-state index contributed by atoms with van der Waals surface area (Å²) in [4.78, 5) is 14.5. The zero-order valence-corrected chi connectivity index (χ0v) is 17.7. The van der Waals surface area contributed by atoms with E-state index < -0.39 is 10.0 Å². The third-order valence-electron chi connectivity index (χ3n) is 5.21. The van der Waals surface area contributed by atoms with Gasteiger partial charge in [-0.05, 0) is 49.9 Å². The summed E-state index contributed by atoms with van der Waals surface area (Å²) >= 11 is 0. The summed E-state index contributed by atoms with van der Waals surface area (Å²) in [6.07, 6.45) is 2.02. The van der Waals surface area contributed by atoms with Crippen LogP contribution >= 0.6 is 0 Å². The molecule has 0 bridgehead atoms. The second-order valence-electron chi connectivity index (χ2n) is 7.34. The van der Waals surface area contributed by atoms with Gasteiger partial charge in [0.2, 0.25) is 10.0 Å². The van der Waals surface area contributed by atoms with Gasteiger partial charge in [-0.25, -0.2) is 13.1 Å². The minimum absolute atomic E-state index is 0.00320. The smallest absolute Gasteiger partial charge is 0.260 e. The summed E-state index contributed by atoms with van der Waals surface area (Å²) in [6.45, 7) is 4.99. The van der Waals surface area contributed by atoms with Crippen molar-refractivity contribution in [2.75, 3.05) is 19.7 Å². The Kier molecular flexibility index (Phi) is 6.92. The highest BCUT2D eigenvalue weighted by atomic mass is 32.2. The van der Waals surface area contributed by atoms with Crippen LogP contribution in [0.15, 0.2) is 53.4 Å². The van der Waals surface area contributed by atoms with Gasteiger partial charge in [-0.1, -0.05) is 42.8 Å². The molecular weight excluding hydrogens is 388 g/mol. The van der Waals surface area contributed by atoms with Crippen LogP contribution in [-0.4, -0.2) is 45.0 Å². The Labute approximate surface area is 172 Å². The van der Waals surface area contributed by atoms with E-state index in [1.807, 2.05) is 38.1 Å². The number of sulfonamides is 1. The van der Waals surface area contributed by atoms with Crippen LogP contribution in [0.25, 0.3) is 0 Å². The maximum atomic E-state index is 12.5. The molecule has 1 saturated heterocycles. The van der Waals surface area contributed by atoms with E-state index in [-0.39, 0.29) is 23.5 Å². The van der Waals surface area contributed by atoms with E-state index in [0.717, 1.165) is 23.3 Å². The zero-order chi connectivity index (χ0) is 20.9. The number of benzene rings is 2. The molecule has 3 rings (SSSR count). The van der Waals surface area contributed by atoms with Gasteiger partial charge >= 0.3 is 0 Å². The fraction of sp³-hybridized carbons (Fsp3) is 0.409. The number of rotatable bonds is 7. The first kappa shape index (κ1) is 21.3. The molecule has 1 N–H and O–H groups in total. The van der Waals surface area contributed by atoms with Crippen LogP contribution in [0.4, 0.5) is 0 Å². The quantitative estimate of drug-likeness (QED) is 0.753. The second-order valence-corrected chi connectivity index (χ2v) is 9.05. The molecule has 1 amide bonds. The van der Waals surface area contributed by atoms with E-state index in [2.05, 4.69) is 4.72 Å². The van der Waals surface area contributed by atoms with E-state index in [0.29, 0.717) is 25.9 Å². The molecule has 1 aliphatic rings. The fourth-order valence-electron chi connectivity index (χ4n) is 3.42. The Morgan fingerprint density at radius 1 is 1.10 bits per heavy atom. The van der Waals surface area contributed by atoms with Crippen LogP contribution in [-0.2, 0) is 21.2 Å². The molecule has 1 aliphatic heterocycles. The molecule has 0 atom stereocenters. The highest BCUT2D eigenvalue weighted by Crippen LogP contribution is 2.19. The largest absolute Gasteiger partial charge is 0.483 e. The van der Waals surface area contributed by atoms with Crippen molar-refractivity contribution in [1.82, 2.24) is 9.62 Å². The van der Waals surface area contributed by atoms with Gasteiger partial charge in [-0.15, -0.1) is 0 Å². The van der Waals surface area contributed by atoms with Crippen molar-refractivity contribution in [2.24, 2.45) is 0 Å². The molecule has 6 nitrogen and oxygen atoms in total. The molecular formula is C22H28N2O4S. The lowest BCUT2D eigenvalue weighted by atomic mass is 10.1. The summed E-state index contributed by atoms with van der Waals surface area (Å²) in [6, 6.07) is 14.3. The fourth-order valence-corrected chi connectivity index (χ4v) is 4.72. The first-order valence-corrected chi connectivity index (χ1v) is 11.4. The number of amides is 1. The number of likely N-dealkylation sites (tertiary alicyclic amines) is 1. The molecule has 0 aliphatic carbocycles. The van der Waals surface area contributed by atoms with Gasteiger partial charge in [0.25, 0.3) is 5.91 Å². The number of ether oxygens (including phenoxy) is 1. The first-order chi connectivity index (χ1) is 13.9. The van der Waals surface area contributed by atoms with Crippen molar-refractivity contribution in [2.45, 2.75) is 44.0 Å². The molecule has 0 spiro atoms. The molecule has 156 valence electrons. The summed E-state index contributed by atoms with van der Waals surface area (Å²) in [5, 5.41) is 0. The zero-order valence-electron chi connectivity index (χ0n) is 16.9. The number of hydrogen-bond donors (Lipinski definition) is 1. The van der Waals surface area contributed by atoms with Crippen molar-refractivity contribution in [1.29, 1.82) is 0 Å². The predicted octanol–water partition coefficient (Wildman–Crippen LogP) is 2.91. The predicted molar refractivity (Wildman–Crippen MR) is 112 cm³/mol. The number of piperidine rings is 1. The van der Waals surface area contributed by atoms with Gasteiger partial charge in [0.05, 0.1) is 4.90 Å². The molecule has 0 aromatic heterocycles. The van der Waals surface area contributed by atoms with Crippen LogP contribution in [0.3, 0.4) is 0 Å².